The van der Waals surface area contributed by atoms with E-state index in [1.807, 2.05) is 13.0 Å². The van der Waals surface area contributed by atoms with Crippen LogP contribution in [0.1, 0.15) is 30.6 Å². The number of rotatable bonds is 3. The van der Waals surface area contributed by atoms with Gasteiger partial charge in [-0.15, -0.1) is 0 Å². The summed E-state index contributed by atoms with van der Waals surface area (Å²) in [6.45, 7) is 4.54. The van der Waals surface area contributed by atoms with Crippen molar-refractivity contribution in [2.45, 2.75) is 33.2 Å². The molecule has 66 valence electrons. The molecule has 0 atom stereocenters. The van der Waals surface area contributed by atoms with Gasteiger partial charge in [0.25, 0.3) is 0 Å². The third-order valence-corrected chi connectivity index (χ3v) is 1.64. The van der Waals surface area contributed by atoms with Gasteiger partial charge in [0.1, 0.15) is 5.82 Å². The molecule has 12 heavy (non-hydrogen) atoms. The van der Waals surface area contributed by atoms with E-state index < -0.39 is 0 Å². The van der Waals surface area contributed by atoms with Crippen LogP contribution < -0.4 is 5.73 Å². The highest BCUT2D eigenvalue weighted by molar-refractivity contribution is 5.10. The molecule has 0 aliphatic carbocycles. The Morgan fingerprint density at radius 3 is 2.75 bits per heavy atom. The van der Waals surface area contributed by atoms with Crippen LogP contribution in [0.4, 0.5) is 0 Å². The Hall–Kier alpha value is -0.960. The van der Waals surface area contributed by atoms with Gasteiger partial charge in [0, 0.05) is 11.4 Å². The molecule has 0 fully saturated rings. The van der Waals surface area contributed by atoms with Gasteiger partial charge in [-0.2, -0.15) is 0 Å². The van der Waals surface area contributed by atoms with Crippen LogP contribution in [0.25, 0.3) is 0 Å². The molecule has 1 aromatic heterocycles. The highest BCUT2D eigenvalue weighted by Gasteiger charge is 1.98. The van der Waals surface area contributed by atoms with Crippen molar-refractivity contribution in [3.05, 3.63) is 23.3 Å². The SMILES string of the molecule is CCCc1cc(C)nc(CN)n1. The molecule has 0 bridgehead atoms. The van der Waals surface area contributed by atoms with Crippen LogP contribution in [-0.4, -0.2) is 9.97 Å². The van der Waals surface area contributed by atoms with E-state index in [9.17, 15) is 0 Å². The lowest BCUT2D eigenvalue weighted by Crippen LogP contribution is -2.06. The first-order valence-electron chi connectivity index (χ1n) is 4.29. The Balaban J connectivity index is 2.90. The predicted octanol–water partition coefficient (Wildman–Crippen LogP) is 1.20. The number of nitrogens with zero attached hydrogens (tertiary/aromatic N) is 2. The zero-order valence-corrected chi connectivity index (χ0v) is 7.67. The summed E-state index contributed by atoms with van der Waals surface area (Å²) in [4.78, 5) is 8.50. The van der Waals surface area contributed by atoms with Gasteiger partial charge in [-0.25, -0.2) is 9.97 Å². The average molecular weight is 165 g/mol. The topological polar surface area (TPSA) is 51.8 Å². The van der Waals surface area contributed by atoms with Gasteiger partial charge in [0.15, 0.2) is 0 Å². The minimum atomic E-state index is 0.429. The fraction of sp³-hybridized carbons (Fsp3) is 0.556. The van der Waals surface area contributed by atoms with Crippen LogP contribution in [-0.2, 0) is 13.0 Å². The summed E-state index contributed by atoms with van der Waals surface area (Å²) >= 11 is 0. The van der Waals surface area contributed by atoms with Crippen molar-refractivity contribution >= 4 is 0 Å². The normalized spacial score (nSPS) is 10.2. The number of aryl methyl sites for hydroxylation is 2. The summed E-state index contributed by atoms with van der Waals surface area (Å²) in [5.74, 6) is 0.749. The molecule has 0 aliphatic rings. The van der Waals surface area contributed by atoms with Gasteiger partial charge in [0.2, 0.25) is 0 Å². The molecule has 1 aromatic rings. The van der Waals surface area contributed by atoms with Crippen molar-refractivity contribution < 1.29 is 0 Å². The number of nitrogens with two attached hydrogens (primary N) is 1. The molecule has 0 saturated heterocycles. The molecule has 0 radical (unpaired) electrons. The van der Waals surface area contributed by atoms with Crippen molar-refractivity contribution in [3.63, 3.8) is 0 Å². The molecule has 1 heterocycles. The quantitative estimate of drug-likeness (QED) is 0.732. The summed E-state index contributed by atoms with van der Waals surface area (Å²) in [7, 11) is 0. The zero-order chi connectivity index (χ0) is 8.97. The first kappa shape index (κ1) is 9.13. The third-order valence-electron chi connectivity index (χ3n) is 1.64. The van der Waals surface area contributed by atoms with Gasteiger partial charge in [0.05, 0.1) is 6.54 Å². The molecule has 3 heteroatoms. The summed E-state index contributed by atoms with van der Waals surface area (Å²) in [5, 5.41) is 0. The van der Waals surface area contributed by atoms with Crippen LogP contribution in [0.2, 0.25) is 0 Å². The van der Waals surface area contributed by atoms with E-state index in [2.05, 4.69) is 16.9 Å². The van der Waals surface area contributed by atoms with E-state index in [1.165, 1.54) is 0 Å². The van der Waals surface area contributed by atoms with Gasteiger partial charge < -0.3 is 5.73 Å². The van der Waals surface area contributed by atoms with E-state index in [-0.39, 0.29) is 0 Å². The molecule has 0 amide bonds. The molecule has 0 saturated carbocycles. The number of hydrogen-bond acceptors (Lipinski definition) is 3. The Bertz CT molecular complexity index is 258. The number of hydrogen-bond donors (Lipinski definition) is 1. The molecule has 1 rings (SSSR count). The van der Waals surface area contributed by atoms with Crippen LogP contribution >= 0.6 is 0 Å². The van der Waals surface area contributed by atoms with Crippen molar-refractivity contribution in [1.82, 2.24) is 9.97 Å². The molecule has 3 nitrogen and oxygen atoms in total. The lowest BCUT2D eigenvalue weighted by atomic mass is 10.2. The van der Waals surface area contributed by atoms with Crippen molar-refractivity contribution in [3.8, 4) is 0 Å². The molecule has 0 unspecified atom stereocenters. The monoisotopic (exact) mass is 165 g/mol. The standard InChI is InChI=1S/C9H15N3/c1-3-4-8-5-7(2)11-9(6-10)12-8/h5H,3-4,6,10H2,1-2H3. The molecule has 0 aromatic carbocycles. The van der Waals surface area contributed by atoms with E-state index >= 15 is 0 Å². The molecule has 0 spiro atoms. The smallest absolute Gasteiger partial charge is 0.142 e. The second kappa shape index (κ2) is 4.16. The van der Waals surface area contributed by atoms with Crippen LogP contribution in [0.5, 0.6) is 0 Å². The average Bonchev–Trinajstić information content (AvgIpc) is 2.04. The summed E-state index contributed by atoms with van der Waals surface area (Å²) in [5.41, 5.74) is 7.57. The summed E-state index contributed by atoms with van der Waals surface area (Å²) in [6, 6.07) is 2.02. The van der Waals surface area contributed by atoms with Crippen LogP contribution in [0, 0.1) is 6.92 Å². The summed E-state index contributed by atoms with van der Waals surface area (Å²) < 4.78 is 0. The highest BCUT2D eigenvalue weighted by atomic mass is 14.9. The van der Waals surface area contributed by atoms with Gasteiger partial charge in [-0.3, -0.25) is 0 Å². The van der Waals surface area contributed by atoms with Crippen molar-refractivity contribution in [2.24, 2.45) is 5.73 Å². The van der Waals surface area contributed by atoms with Crippen LogP contribution in [0.15, 0.2) is 6.07 Å². The third kappa shape index (κ3) is 2.27. The minimum Gasteiger partial charge on any atom is -0.324 e. The molecule has 2 N–H and O–H groups in total. The van der Waals surface area contributed by atoms with Crippen molar-refractivity contribution in [2.75, 3.05) is 0 Å². The van der Waals surface area contributed by atoms with Crippen LogP contribution in [0.3, 0.4) is 0 Å². The first-order chi connectivity index (χ1) is 5.76. The molecular formula is C9H15N3. The Kier molecular flexibility index (Phi) is 3.17. The Labute approximate surface area is 73.0 Å². The maximum absolute atomic E-state index is 5.46. The lowest BCUT2D eigenvalue weighted by Gasteiger charge is -2.02. The maximum atomic E-state index is 5.46. The largest absolute Gasteiger partial charge is 0.324 e. The maximum Gasteiger partial charge on any atom is 0.142 e. The fourth-order valence-corrected chi connectivity index (χ4v) is 1.18. The fourth-order valence-electron chi connectivity index (χ4n) is 1.18. The molecular weight excluding hydrogens is 150 g/mol. The van der Waals surface area contributed by atoms with E-state index in [4.69, 9.17) is 5.73 Å². The second-order valence-electron chi connectivity index (χ2n) is 2.87. The number of aromatic nitrogens is 2. The zero-order valence-electron chi connectivity index (χ0n) is 7.67. The first-order valence-corrected chi connectivity index (χ1v) is 4.29. The minimum absolute atomic E-state index is 0.429. The van der Waals surface area contributed by atoms with Gasteiger partial charge >= 0.3 is 0 Å². The van der Waals surface area contributed by atoms with Gasteiger partial charge in [-0.1, -0.05) is 13.3 Å². The highest BCUT2D eigenvalue weighted by Crippen LogP contribution is 2.02. The van der Waals surface area contributed by atoms with Gasteiger partial charge in [-0.05, 0) is 19.4 Å². The predicted molar refractivity (Wildman–Crippen MR) is 48.7 cm³/mol. The van der Waals surface area contributed by atoms with E-state index in [0.717, 1.165) is 30.1 Å². The van der Waals surface area contributed by atoms with E-state index in [0.29, 0.717) is 6.54 Å². The van der Waals surface area contributed by atoms with E-state index in [1.54, 1.807) is 0 Å². The second-order valence-corrected chi connectivity index (χ2v) is 2.87. The van der Waals surface area contributed by atoms with Crippen molar-refractivity contribution in [1.29, 1.82) is 0 Å². The Morgan fingerprint density at radius 2 is 2.17 bits per heavy atom. The molecule has 0 aliphatic heterocycles. The lowest BCUT2D eigenvalue weighted by molar-refractivity contribution is 0.814. The Morgan fingerprint density at radius 1 is 1.42 bits per heavy atom. The summed E-state index contributed by atoms with van der Waals surface area (Å²) in [6.07, 6.45) is 2.12.